The molecule has 38 heavy (non-hydrogen) atoms. The van der Waals surface area contributed by atoms with Gasteiger partial charge in [0.05, 0.1) is 22.6 Å². The second-order valence-electron chi connectivity index (χ2n) is 9.52. The number of hydrogen-bond acceptors (Lipinski definition) is 7. The van der Waals surface area contributed by atoms with E-state index in [1.54, 1.807) is 12.1 Å². The average Bonchev–Trinajstić information content (AvgIpc) is 3.41. The molecule has 1 aromatic heterocycles. The molecule has 12 heteroatoms. The standard InChI is InChI=1S/C26H27N7O4S/c1-15-7-8-19(33(36)37)13-21(15)31-16(2)11-18(17(31)3)12-20-24(27)32-26(28-25(20)35)38-22(29-32)14-23(34)30-9-5-4-6-10-30/h7-8,11-13,27H,4-6,9-10,14H2,1-3H3/b20-12+,27-24?. The van der Waals surface area contributed by atoms with Crippen LogP contribution in [-0.4, -0.2) is 60.4 Å². The third kappa shape index (κ3) is 4.67. The number of likely N-dealkylation sites (tertiary alicyclic amines) is 1. The maximum Gasteiger partial charge on any atom is 0.283 e. The van der Waals surface area contributed by atoms with Crippen molar-refractivity contribution in [1.29, 1.82) is 5.41 Å². The van der Waals surface area contributed by atoms with Crippen molar-refractivity contribution in [3.05, 3.63) is 62.5 Å². The van der Waals surface area contributed by atoms with Gasteiger partial charge in [0.15, 0.2) is 5.84 Å². The zero-order valence-corrected chi connectivity index (χ0v) is 22.2. The summed E-state index contributed by atoms with van der Waals surface area (Å²) in [4.78, 5) is 42.5. The summed E-state index contributed by atoms with van der Waals surface area (Å²) in [6, 6.07) is 6.57. The van der Waals surface area contributed by atoms with Gasteiger partial charge >= 0.3 is 0 Å². The number of hydrazone groups is 1. The molecule has 1 N–H and O–H groups in total. The smallest absolute Gasteiger partial charge is 0.283 e. The Morgan fingerprint density at radius 3 is 2.63 bits per heavy atom. The highest BCUT2D eigenvalue weighted by Gasteiger charge is 2.36. The number of amidine groups is 2. The molecule has 0 unspecified atom stereocenters. The lowest BCUT2D eigenvalue weighted by molar-refractivity contribution is -0.384. The number of carbonyl (C=O) groups excluding carboxylic acids is 2. The first-order chi connectivity index (χ1) is 18.1. The van der Waals surface area contributed by atoms with Crippen molar-refractivity contribution in [2.24, 2.45) is 10.1 Å². The fraction of sp³-hybridized carbons (Fsp3) is 0.346. The highest BCUT2D eigenvalue weighted by atomic mass is 32.2. The summed E-state index contributed by atoms with van der Waals surface area (Å²) in [5.41, 5.74) is 3.89. The number of amides is 2. The maximum atomic E-state index is 12.9. The minimum Gasteiger partial charge on any atom is -0.342 e. The first-order valence-electron chi connectivity index (χ1n) is 12.4. The van der Waals surface area contributed by atoms with E-state index in [0.717, 1.165) is 61.1 Å². The minimum atomic E-state index is -0.552. The first-order valence-corrected chi connectivity index (χ1v) is 13.2. The van der Waals surface area contributed by atoms with E-state index in [9.17, 15) is 19.7 Å². The molecule has 3 aliphatic rings. The lowest BCUT2D eigenvalue weighted by atomic mass is 10.1. The number of piperidine rings is 1. The van der Waals surface area contributed by atoms with E-state index in [1.165, 1.54) is 17.1 Å². The number of carbonyl (C=O) groups is 2. The van der Waals surface area contributed by atoms with Gasteiger partial charge in [0.25, 0.3) is 11.6 Å². The molecule has 0 saturated carbocycles. The van der Waals surface area contributed by atoms with E-state index in [-0.39, 0.29) is 34.6 Å². The molecule has 0 bridgehead atoms. The summed E-state index contributed by atoms with van der Waals surface area (Å²) >= 11 is 1.15. The molecular formula is C26H27N7O4S. The van der Waals surface area contributed by atoms with Crippen LogP contribution in [0.1, 0.15) is 48.2 Å². The molecule has 2 aromatic rings. The zero-order valence-electron chi connectivity index (χ0n) is 21.4. The summed E-state index contributed by atoms with van der Waals surface area (Å²) in [5, 5.41) is 26.5. The Kier molecular flexibility index (Phi) is 6.74. The number of hydrogen-bond donors (Lipinski definition) is 1. The molecule has 0 atom stereocenters. The van der Waals surface area contributed by atoms with Gasteiger partial charge < -0.3 is 9.47 Å². The van der Waals surface area contributed by atoms with Crippen molar-refractivity contribution in [1.82, 2.24) is 14.5 Å². The predicted molar refractivity (Wildman–Crippen MR) is 147 cm³/mol. The number of benzene rings is 1. The number of nitrogens with zero attached hydrogens (tertiary/aromatic N) is 6. The van der Waals surface area contributed by atoms with E-state index in [1.807, 2.05) is 36.3 Å². The van der Waals surface area contributed by atoms with Crippen LogP contribution in [0, 0.1) is 36.3 Å². The molecular weight excluding hydrogens is 506 g/mol. The van der Waals surface area contributed by atoms with E-state index >= 15 is 0 Å². The largest absolute Gasteiger partial charge is 0.342 e. The fourth-order valence-corrected chi connectivity index (χ4v) is 5.78. The van der Waals surface area contributed by atoms with Gasteiger partial charge in [-0.05, 0) is 75.1 Å². The van der Waals surface area contributed by atoms with Crippen LogP contribution < -0.4 is 0 Å². The topological polar surface area (TPSA) is 137 Å². The Hall–Kier alpha value is -4.06. The van der Waals surface area contributed by atoms with Gasteiger partial charge in [-0.1, -0.05) is 6.07 Å². The lowest BCUT2D eigenvalue weighted by Crippen LogP contribution is -2.36. The normalized spacial score (nSPS) is 18.6. The van der Waals surface area contributed by atoms with Crippen molar-refractivity contribution in [2.45, 2.75) is 46.5 Å². The van der Waals surface area contributed by atoms with E-state index in [0.29, 0.717) is 16.3 Å². The third-order valence-electron chi connectivity index (χ3n) is 6.92. The van der Waals surface area contributed by atoms with Gasteiger partial charge in [0.1, 0.15) is 5.04 Å². The van der Waals surface area contributed by atoms with Crippen molar-refractivity contribution >= 4 is 51.4 Å². The van der Waals surface area contributed by atoms with Gasteiger partial charge in [0, 0.05) is 36.6 Å². The second kappa shape index (κ2) is 10.0. The van der Waals surface area contributed by atoms with Crippen molar-refractivity contribution in [3.63, 3.8) is 0 Å². The molecule has 5 rings (SSSR count). The number of fused-ring (bicyclic) bond motifs is 1. The van der Waals surface area contributed by atoms with Crippen LogP contribution in [0.15, 0.2) is 39.9 Å². The van der Waals surface area contributed by atoms with Crippen molar-refractivity contribution in [2.75, 3.05) is 13.1 Å². The summed E-state index contributed by atoms with van der Waals surface area (Å²) < 4.78 is 1.90. The molecule has 0 radical (unpaired) electrons. The molecule has 4 heterocycles. The molecule has 0 aliphatic carbocycles. The summed E-state index contributed by atoms with van der Waals surface area (Å²) in [6.07, 6.45) is 4.85. The Morgan fingerprint density at radius 1 is 1.18 bits per heavy atom. The number of aryl methyl sites for hydroxylation is 2. The van der Waals surface area contributed by atoms with Crippen LogP contribution in [-0.2, 0) is 9.59 Å². The van der Waals surface area contributed by atoms with E-state index in [2.05, 4.69) is 10.1 Å². The number of aliphatic imine (C=N–C) groups is 1. The van der Waals surface area contributed by atoms with Crippen LogP contribution in [0.4, 0.5) is 5.69 Å². The molecule has 3 aliphatic heterocycles. The third-order valence-corrected chi connectivity index (χ3v) is 7.83. The van der Waals surface area contributed by atoms with Crippen LogP contribution in [0.2, 0.25) is 0 Å². The second-order valence-corrected chi connectivity index (χ2v) is 10.6. The number of rotatable bonds is 5. The zero-order chi connectivity index (χ0) is 27.1. The van der Waals surface area contributed by atoms with Crippen molar-refractivity contribution < 1.29 is 14.5 Å². The fourth-order valence-electron chi connectivity index (χ4n) is 4.90. The Labute approximate surface area is 223 Å². The number of nitrogens with one attached hydrogen (secondary N) is 1. The van der Waals surface area contributed by atoms with Gasteiger partial charge in [-0.15, -0.1) is 0 Å². The van der Waals surface area contributed by atoms with Gasteiger partial charge in [0.2, 0.25) is 11.1 Å². The highest BCUT2D eigenvalue weighted by molar-refractivity contribution is 8.27. The first kappa shape index (κ1) is 25.6. The van der Waals surface area contributed by atoms with E-state index < -0.39 is 10.8 Å². The van der Waals surface area contributed by atoms with Gasteiger partial charge in [-0.2, -0.15) is 15.1 Å². The lowest BCUT2D eigenvalue weighted by Gasteiger charge is -2.26. The van der Waals surface area contributed by atoms with Crippen LogP contribution in [0.25, 0.3) is 11.8 Å². The monoisotopic (exact) mass is 533 g/mol. The average molecular weight is 534 g/mol. The van der Waals surface area contributed by atoms with Gasteiger partial charge in [-0.25, -0.2) is 0 Å². The summed E-state index contributed by atoms with van der Waals surface area (Å²) in [7, 11) is 0. The quantitative estimate of drug-likeness (QED) is 0.345. The number of nitro groups is 1. The maximum absolute atomic E-state index is 12.9. The summed E-state index contributed by atoms with van der Waals surface area (Å²) in [5.74, 6) is -0.665. The predicted octanol–water partition coefficient (Wildman–Crippen LogP) is 4.33. The van der Waals surface area contributed by atoms with Crippen LogP contribution >= 0.6 is 11.8 Å². The summed E-state index contributed by atoms with van der Waals surface area (Å²) in [6.45, 7) is 7.11. The highest BCUT2D eigenvalue weighted by Crippen LogP contribution is 2.32. The number of non-ortho nitro benzene ring substituents is 1. The number of aromatic nitrogens is 1. The Bertz CT molecular complexity index is 1480. The molecule has 196 valence electrons. The SMILES string of the molecule is Cc1ccc([N+](=O)[O-])cc1-n1c(C)cc(/C=C2\C(=N)N3N=C(CC(=O)N4CCCCC4)SC3=NC2=O)c1C. The molecule has 11 nitrogen and oxygen atoms in total. The molecule has 0 spiro atoms. The van der Waals surface area contributed by atoms with Crippen molar-refractivity contribution in [3.8, 4) is 5.69 Å². The van der Waals surface area contributed by atoms with E-state index in [4.69, 9.17) is 5.41 Å². The number of nitro benzene ring substituents is 1. The Balaban J connectivity index is 1.42. The number of thioether (sulfide) groups is 1. The molecule has 1 aromatic carbocycles. The Morgan fingerprint density at radius 2 is 1.92 bits per heavy atom. The van der Waals surface area contributed by atoms with Gasteiger partial charge in [-0.3, -0.25) is 25.1 Å². The molecule has 1 saturated heterocycles. The van der Waals surface area contributed by atoms with Crippen LogP contribution in [0.5, 0.6) is 0 Å². The molecule has 2 amide bonds. The van der Waals surface area contributed by atoms with Crippen LogP contribution in [0.3, 0.4) is 0 Å². The molecule has 1 fully saturated rings. The minimum absolute atomic E-state index is 0.00565.